The summed E-state index contributed by atoms with van der Waals surface area (Å²) in [5, 5.41) is 3.02. The first kappa shape index (κ1) is 24.0. The van der Waals surface area contributed by atoms with Crippen LogP contribution in [0.25, 0.3) is 0 Å². The standard InChI is InChI=1S/C23H28F2N2O4S/c1-15-7-9-17-20(14-23(2,3)31-21(17)12-15)26-22(28)6-5-11-27(32(4,29)30)16-8-10-18(24)19(25)13-16/h7-10,12-13,20H,5-6,11,14H2,1-4H3,(H,26,28)/t20-/m1/s1. The van der Waals surface area contributed by atoms with Crippen molar-refractivity contribution >= 4 is 21.6 Å². The second-order valence-corrected chi connectivity index (χ2v) is 10.7. The zero-order chi connectivity index (χ0) is 23.7. The number of carbonyl (C=O) groups excluding carboxylic acids is 1. The molecule has 3 rings (SSSR count). The maximum Gasteiger partial charge on any atom is 0.232 e. The van der Waals surface area contributed by atoms with Crippen molar-refractivity contribution in [3.8, 4) is 5.75 Å². The number of hydrogen-bond donors (Lipinski definition) is 1. The topological polar surface area (TPSA) is 75.7 Å². The van der Waals surface area contributed by atoms with E-state index < -0.39 is 27.3 Å². The second-order valence-electron chi connectivity index (χ2n) is 8.76. The molecule has 0 radical (unpaired) electrons. The van der Waals surface area contributed by atoms with Gasteiger partial charge >= 0.3 is 0 Å². The Bertz CT molecular complexity index is 1120. The van der Waals surface area contributed by atoms with Crippen LogP contribution in [0.1, 0.15) is 50.3 Å². The highest BCUT2D eigenvalue weighted by Gasteiger charge is 2.34. The molecule has 1 amide bonds. The lowest BCUT2D eigenvalue weighted by Crippen LogP contribution is -2.41. The average Bonchev–Trinajstić information content (AvgIpc) is 2.65. The summed E-state index contributed by atoms with van der Waals surface area (Å²) in [7, 11) is -3.74. The second kappa shape index (κ2) is 9.05. The molecule has 0 spiro atoms. The molecule has 174 valence electrons. The van der Waals surface area contributed by atoms with Crippen LogP contribution in [0.3, 0.4) is 0 Å². The maximum atomic E-state index is 13.6. The van der Waals surface area contributed by atoms with Gasteiger partial charge in [-0.2, -0.15) is 0 Å². The molecule has 1 heterocycles. The Morgan fingerprint density at radius 2 is 1.91 bits per heavy atom. The average molecular weight is 467 g/mol. The summed E-state index contributed by atoms with van der Waals surface area (Å²) in [6.45, 7) is 5.86. The monoisotopic (exact) mass is 466 g/mol. The number of carbonyl (C=O) groups is 1. The number of amides is 1. The van der Waals surface area contributed by atoms with Gasteiger partial charge in [0, 0.05) is 31.0 Å². The molecular weight excluding hydrogens is 438 g/mol. The molecule has 9 heteroatoms. The normalized spacial score (nSPS) is 17.2. The van der Waals surface area contributed by atoms with Crippen LogP contribution < -0.4 is 14.4 Å². The van der Waals surface area contributed by atoms with Crippen molar-refractivity contribution in [1.29, 1.82) is 0 Å². The highest BCUT2D eigenvalue weighted by Crippen LogP contribution is 2.39. The van der Waals surface area contributed by atoms with E-state index in [0.717, 1.165) is 39.6 Å². The molecule has 2 aromatic rings. The fraction of sp³-hybridized carbons (Fsp3) is 0.435. The number of rotatable bonds is 7. The van der Waals surface area contributed by atoms with E-state index in [0.29, 0.717) is 6.42 Å². The lowest BCUT2D eigenvalue weighted by atomic mass is 9.89. The van der Waals surface area contributed by atoms with Gasteiger partial charge in [-0.25, -0.2) is 17.2 Å². The van der Waals surface area contributed by atoms with Crippen LogP contribution in [0.15, 0.2) is 36.4 Å². The van der Waals surface area contributed by atoms with E-state index in [2.05, 4.69) is 5.32 Å². The van der Waals surface area contributed by atoms with Crippen molar-refractivity contribution in [3.63, 3.8) is 0 Å². The van der Waals surface area contributed by atoms with E-state index in [1.54, 1.807) is 0 Å². The number of sulfonamides is 1. The first-order valence-corrected chi connectivity index (χ1v) is 12.2. The molecule has 1 atom stereocenters. The largest absolute Gasteiger partial charge is 0.487 e. The van der Waals surface area contributed by atoms with Crippen LogP contribution in [0, 0.1) is 18.6 Å². The molecule has 1 aliphatic rings. The van der Waals surface area contributed by atoms with E-state index in [9.17, 15) is 22.0 Å². The smallest absolute Gasteiger partial charge is 0.232 e. The van der Waals surface area contributed by atoms with Gasteiger partial charge < -0.3 is 10.1 Å². The summed E-state index contributed by atoms with van der Waals surface area (Å²) in [4.78, 5) is 12.6. The maximum absolute atomic E-state index is 13.6. The van der Waals surface area contributed by atoms with Crippen LogP contribution >= 0.6 is 0 Å². The Hall–Kier alpha value is -2.68. The van der Waals surface area contributed by atoms with Crippen molar-refractivity contribution in [3.05, 3.63) is 59.2 Å². The van der Waals surface area contributed by atoms with Gasteiger partial charge in [0.1, 0.15) is 11.4 Å². The number of nitrogens with zero attached hydrogens (tertiary/aromatic N) is 1. The number of aryl methyl sites for hydroxylation is 1. The van der Waals surface area contributed by atoms with Crippen LogP contribution in [-0.4, -0.2) is 32.7 Å². The van der Waals surface area contributed by atoms with Crippen LogP contribution in [0.2, 0.25) is 0 Å². The number of benzene rings is 2. The predicted molar refractivity (Wildman–Crippen MR) is 119 cm³/mol. The third-order valence-corrected chi connectivity index (χ3v) is 6.51. The summed E-state index contributed by atoms with van der Waals surface area (Å²) < 4.78 is 58.1. The Labute approximate surface area is 187 Å². The molecule has 6 nitrogen and oxygen atoms in total. The molecule has 32 heavy (non-hydrogen) atoms. The molecule has 2 aromatic carbocycles. The Kier molecular flexibility index (Phi) is 6.78. The number of fused-ring (bicyclic) bond motifs is 1. The third kappa shape index (κ3) is 5.76. The quantitative estimate of drug-likeness (QED) is 0.662. The lowest BCUT2D eigenvalue weighted by Gasteiger charge is -2.38. The molecule has 0 unspecified atom stereocenters. The van der Waals surface area contributed by atoms with Gasteiger partial charge in [-0.3, -0.25) is 9.10 Å². The summed E-state index contributed by atoms with van der Waals surface area (Å²) >= 11 is 0. The minimum atomic E-state index is -3.74. The highest BCUT2D eigenvalue weighted by molar-refractivity contribution is 7.92. The van der Waals surface area contributed by atoms with Crippen molar-refractivity contribution in [2.45, 2.75) is 51.7 Å². The Morgan fingerprint density at radius 3 is 2.56 bits per heavy atom. The zero-order valence-electron chi connectivity index (χ0n) is 18.6. The van der Waals surface area contributed by atoms with Gasteiger partial charge in [0.05, 0.1) is 18.0 Å². The lowest BCUT2D eigenvalue weighted by molar-refractivity contribution is -0.122. The van der Waals surface area contributed by atoms with Gasteiger partial charge in [-0.05, 0) is 51.0 Å². The Morgan fingerprint density at radius 1 is 1.19 bits per heavy atom. The van der Waals surface area contributed by atoms with Crippen LogP contribution in [0.4, 0.5) is 14.5 Å². The highest BCUT2D eigenvalue weighted by atomic mass is 32.2. The van der Waals surface area contributed by atoms with Crippen LogP contribution in [-0.2, 0) is 14.8 Å². The third-order valence-electron chi connectivity index (χ3n) is 5.32. The minimum Gasteiger partial charge on any atom is -0.487 e. The first-order chi connectivity index (χ1) is 14.9. The number of halogens is 2. The fourth-order valence-corrected chi connectivity index (χ4v) is 4.82. The number of ether oxygens (including phenoxy) is 1. The summed E-state index contributed by atoms with van der Waals surface area (Å²) in [6, 6.07) is 8.54. The molecule has 1 N–H and O–H groups in total. The summed E-state index contributed by atoms with van der Waals surface area (Å²) in [5.41, 5.74) is 1.54. The van der Waals surface area contributed by atoms with Gasteiger partial charge in [0.25, 0.3) is 0 Å². The van der Waals surface area contributed by atoms with Crippen LogP contribution in [0.5, 0.6) is 5.75 Å². The van der Waals surface area contributed by atoms with Crippen molar-refractivity contribution in [2.24, 2.45) is 0 Å². The molecule has 1 aliphatic heterocycles. The van der Waals surface area contributed by atoms with Crippen molar-refractivity contribution in [2.75, 3.05) is 17.1 Å². The van der Waals surface area contributed by atoms with E-state index in [-0.39, 0.29) is 37.0 Å². The zero-order valence-corrected chi connectivity index (χ0v) is 19.4. The summed E-state index contributed by atoms with van der Waals surface area (Å²) in [5.74, 6) is -1.67. The number of anilines is 1. The molecule has 0 fully saturated rings. The Balaban J connectivity index is 1.66. The number of nitrogens with one attached hydrogen (secondary N) is 1. The first-order valence-electron chi connectivity index (χ1n) is 10.4. The van der Waals surface area contributed by atoms with Gasteiger partial charge in [-0.1, -0.05) is 12.1 Å². The fourth-order valence-electron chi connectivity index (χ4n) is 3.86. The molecule has 0 bridgehead atoms. The van der Waals surface area contributed by atoms with Crippen molar-refractivity contribution < 1.29 is 26.7 Å². The summed E-state index contributed by atoms with van der Waals surface area (Å²) in [6.07, 6.45) is 1.87. The van der Waals surface area contributed by atoms with E-state index >= 15 is 0 Å². The van der Waals surface area contributed by atoms with E-state index in [1.165, 1.54) is 6.07 Å². The van der Waals surface area contributed by atoms with Crippen molar-refractivity contribution in [1.82, 2.24) is 5.32 Å². The molecule has 0 aliphatic carbocycles. The van der Waals surface area contributed by atoms with E-state index in [1.807, 2.05) is 39.0 Å². The SMILES string of the molecule is Cc1ccc2c(c1)OC(C)(C)C[C@H]2NC(=O)CCCN(c1ccc(F)c(F)c1)S(C)(=O)=O. The molecular formula is C23H28F2N2O4S. The van der Waals surface area contributed by atoms with E-state index in [4.69, 9.17) is 4.74 Å². The van der Waals surface area contributed by atoms with Gasteiger partial charge in [-0.15, -0.1) is 0 Å². The number of hydrogen-bond acceptors (Lipinski definition) is 4. The molecule has 0 saturated heterocycles. The molecule has 0 aromatic heterocycles. The van der Waals surface area contributed by atoms with Gasteiger partial charge in [0.2, 0.25) is 15.9 Å². The molecule has 0 saturated carbocycles. The predicted octanol–water partition coefficient (Wildman–Crippen LogP) is 4.24. The van der Waals surface area contributed by atoms with Gasteiger partial charge in [0.15, 0.2) is 11.6 Å². The minimum absolute atomic E-state index is 0.0160.